The molecule has 108 valence electrons. The number of rotatable bonds is 4. The smallest absolute Gasteiger partial charge is 0.162 e. The average molecular weight is 282 g/mol. The summed E-state index contributed by atoms with van der Waals surface area (Å²) in [7, 11) is 0. The van der Waals surface area contributed by atoms with E-state index in [-0.39, 0.29) is 5.82 Å². The van der Waals surface area contributed by atoms with E-state index >= 15 is 0 Å². The molecule has 1 saturated carbocycles. The highest BCUT2D eigenvalue weighted by Gasteiger charge is 2.24. The Bertz CT molecular complexity index is 629. The van der Waals surface area contributed by atoms with Crippen molar-refractivity contribution >= 4 is 0 Å². The van der Waals surface area contributed by atoms with Gasteiger partial charge in [-0.1, -0.05) is 35.6 Å². The lowest BCUT2D eigenvalue weighted by atomic mass is 10.1. The lowest BCUT2D eigenvalue weighted by molar-refractivity contribution is 0.211. The van der Waals surface area contributed by atoms with Crippen molar-refractivity contribution in [2.45, 2.75) is 32.3 Å². The fraction of sp³-hybridized carbons (Fsp3) is 0.316. The van der Waals surface area contributed by atoms with Gasteiger partial charge in [-0.2, -0.15) is 0 Å². The van der Waals surface area contributed by atoms with Crippen molar-refractivity contribution in [2.75, 3.05) is 0 Å². The zero-order valence-corrected chi connectivity index (χ0v) is 12.0. The topological polar surface area (TPSA) is 9.23 Å². The summed E-state index contributed by atoms with van der Waals surface area (Å²) in [5, 5.41) is 0. The van der Waals surface area contributed by atoms with Crippen LogP contribution in [0.15, 0.2) is 65.6 Å². The van der Waals surface area contributed by atoms with Crippen LogP contribution in [0.5, 0.6) is 0 Å². The Kier molecular flexibility index (Phi) is 4.37. The third kappa shape index (κ3) is 4.21. The Morgan fingerprint density at radius 2 is 2.19 bits per heavy atom. The van der Waals surface area contributed by atoms with Crippen molar-refractivity contribution in [1.82, 2.24) is 0 Å². The van der Waals surface area contributed by atoms with Crippen LogP contribution < -0.4 is 0 Å². The Morgan fingerprint density at radius 1 is 1.29 bits per heavy atom. The van der Waals surface area contributed by atoms with Crippen molar-refractivity contribution in [3.05, 3.63) is 77.0 Å². The van der Waals surface area contributed by atoms with Crippen molar-refractivity contribution in [1.29, 1.82) is 0 Å². The molecule has 1 aromatic rings. The molecule has 0 aromatic heterocycles. The maximum atomic E-state index is 13.1. The SMILES string of the molecule is Fc1cccc(COC2=C=CC/C=C(/C3CC3)CC=C2)c1. The van der Waals surface area contributed by atoms with Gasteiger partial charge in [0.15, 0.2) is 5.76 Å². The van der Waals surface area contributed by atoms with Gasteiger partial charge in [-0.25, -0.2) is 4.39 Å². The van der Waals surface area contributed by atoms with Gasteiger partial charge in [-0.05, 0) is 61.4 Å². The molecule has 2 heteroatoms. The second kappa shape index (κ2) is 6.60. The van der Waals surface area contributed by atoms with Gasteiger partial charge in [0.1, 0.15) is 12.4 Å². The maximum Gasteiger partial charge on any atom is 0.162 e. The second-order valence-corrected chi connectivity index (χ2v) is 5.53. The van der Waals surface area contributed by atoms with Crippen LogP contribution in [0.1, 0.15) is 31.2 Å². The van der Waals surface area contributed by atoms with Crippen LogP contribution in [0.25, 0.3) is 0 Å². The molecule has 21 heavy (non-hydrogen) atoms. The fourth-order valence-corrected chi connectivity index (χ4v) is 2.47. The van der Waals surface area contributed by atoms with Gasteiger partial charge in [0, 0.05) is 0 Å². The van der Waals surface area contributed by atoms with E-state index in [0.717, 1.165) is 24.3 Å². The van der Waals surface area contributed by atoms with Crippen LogP contribution in [-0.4, -0.2) is 0 Å². The van der Waals surface area contributed by atoms with E-state index in [0.29, 0.717) is 12.4 Å². The van der Waals surface area contributed by atoms with E-state index in [4.69, 9.17) is 4.74 Å². The van der Waals surface area contributed by atoms with Gasteiger partial charge in [0.2, 0.25) is 0 Å². The van der Waals surface area contributed by atoms with Gasteiger partial charge in [0.05, 0.1) is 0 Å². The number of hydrogen-bond donors (Lipinski definition) is 0. The third-order valence-corrected chi connectivity index (χ3v) is 3.75. The van der Waals surface area contributed by atoms with Crippen molar-refractivity contribution in [3.8, 4) is 0 Å². The Labute approximate surface area is 125 Å². The molecule has 0 unspecified atom stereocenters. The lowest BCUT2D eigenvalue weighted by Crippen LogP contribution is -1.92. The highest BCUT2D eigenvalue weighted by atomic mass is 19.1. The van der Waals surface area contributed by atoms with Crippen LogP contribution in [0.3, 0.4) is 0 Å². The zero-order valence-electron chi connectivity index (χ0n) is 12.0. The van der Waals surface area contributed by atoms with Gasteiger partial charge in [-0.3, -0.25) is 0 Å². The molecule has 0 bridgehead atoms. The predicted molar refractivity (Wildman–Crippen MR) is 82.0 cm³/mol. The van der Waals surface area contributed by atoms with E-state index in [1.165, 1.54) is 30.5 Å². The van der Waals surface area contributed by atoms with Crippen LogP contribution in [0, 0.1) is 11.7 Å². The maximum absolute atomic E-state index is 13.1. The van der Waals surface area contributed by atoms with Crippen LogP contribution in [0.2, 0.25) is 0 Å². The van der Waals surface area contributed by atoms with E-state index < -0.39 is 0 Å². The predicted octanol–water partition coefficient (Wildman–Crippen LogP) is 5.07. The van der Waals surface area contributed by atoms with E-state index in [1.54, 1.807) is 6.07 Å². The fourth-order valence-electron chi connectivity index (χ4n) is 2.47. The Morgan fingerprint density at radius 3 is 3.00 bits per heavy atom. The summed E-state index contributed by atoms with van der Waals surface area (Å²) in [6.07, 6.45) is 13.0. The first kappa shape index (κ1) is 13.9. The summed E-state index contributed by atoms with van der Waals surface area (Å²) in [6.45, 7) is 0.362. The average Bonchev–Trinajstić information content (AvgIpc) is 3.29. The first-order chi connectivity index (χ1) is 10.3. The largest absolute Gasteiger partial charge is 0.481 e. The molecule has 1 aromatic carbocycles. The minimum absolute atomic E-state index is 0.232. The molecule has 2 aliphatic carbocycles. The van der Waals surface area contributed by atoms with E-state index in [1.807, 2.05) is 18.2 Å². The Balaban J connectivity index is 1.61. The van der Waals surface area contributed by atoms with Crippen molar-refractivity contribution < 1.29 is 9.13 Å². The highest BCUT2D eigenvalue weighted by molar-refractivity contribution is 5.23. The molecular weight excluding hydrogens is 263 g/mol. The number of halogens is 1. The minimum Gasteiger partial charge on any atom is -0.481 e. The normalized spacial score (nSPS) is 20.8. The van der Waals surface area contributed by atoms with Crippen LogP contribution in [-0.2, 0) is 11.3 Å². The molecule has 0 spiro atoms. The Hall–Kier alpha value is -2.05. The summed E-state index contributed by atoms with van der Waals surface area (Å²) < 4.78 is 18.8. The van der Waals surface area contributed by atoms with Crippen LogP contribution >= 0.6 is 0 Å². The van der Waals surface area contributed by atoms with Gasteiger partial charge >= 0.3 is 0 Å². The molecular formula is C19H19FO. The van der Waals surface area contributed by atoms with Gasteiger partial charge in [-0.15, -0.1) is 0 Å². The number of ether oxygens (including phenoxy) is 1. The molecule has 0 saturated heterocycles. The molecule has 0 atom stereocenters. The van der Waals surface area contributed by atoms with Crippen molar-refractivity contribution in [2.24, 2.45) is 5.92 Å². The third-order valence-electron chi connectivity index (χ3n) is 3.75. The summed E-state index contributed by atoms with van der Waals surface area (Å²) in [5.74, 6) is 1.28. The number of benzene rings is 1. The molecule has 0 amide bonds. The summed E-state index contributed by atoms with van der Waals surface area (Å²) in [6, 6.07) is 6.49. The summed E-state index contributed by atoms with van der Waals surface area (Å²) >= 11 is 0. The molecule has 0 N–H and O–H groups in total. The van der Waals surface area contributed by atoms with Crippen molar-refractivity contribution in [3.63, 3.8) is 0 Å². The molecule has 0 radical (unpaired) electrons. The first-order valence-corrected chi connectivity index (χ1v) is 7.49. The number of allylic oxidation sites excluding steroid dienone is 4. The molecule has 0 heterocycles. The standard InChI is InChI=1S/C19H19FO/c20-18-8-3-5-15(13-18)14-21-19-9-2-1-6-16(7-4-10-19)17-11-12-17/h2-6,8,10,13,17H,1,7,11-12,14H2/b10-4?,16-6+. The quantitative estimate of drug-likeness (QED) is 0.553. The first-order valence-electron chi connectivity index (χ1n) is 7.49. The molecule has 0 aliphatic heterocycles. The minimum atomic E-state index is -0.232. The van der Waals surface area contributed by atoms with Gasteiger partial charge < -0.3 is 4.74 Å². The summed E-state index contributed by atoms with van der Waals surface area (Å²) in [5.41, 5.74) is 5.54. The van der Waals surface area contributed by atoms with E-state index in [2.05, 4.69) is 17.9 Å². The lowest BCUT2D eigenvalue weighted by Gasteiger charge is -2.05. The molecule has 3 rings (SSSR count). The second-order valence-electron chi connectivity index (χ2n) is 5.53. The molecule has 1 fully saturated rings. The molecule has 1 nitrogen and oxygen atoms in total. The monoisotopic (exact) mass is 282 g/mol. The molecule has 2 aliphatic rings. The van der Waals surface area contributed by atoms with Crippen LogP contribution in [0.4, 0.5) is 4.39 Å². The van der Waals surface area contributed by atoms with E-state index in [9.17, 15) is 4.39 Å². The highest BCUT2D eigenvalue weighted by Crippen LogP contribution is 2.38. The van der Waals surface area contributed by atoms with Gasteiger partial charge in [0.25, 0.3) is 0 Å². The zero-order chi connectivity index (χ0) is 14.5. The number of hydrogen-bond acceptors (Lipinski definition) is 1. The summed E-state index contributed by atoms with van der Waals surface area (Å²) in [4.78, 5) is 0.